The first kappa shape index (κ1) is 11.2. The zero-order valence-corrected chi connectivity index (χ0v) is 9.80. The van der Waals surface area contributed by atoms with Crippen LogP contribution in [0, 0.1) is 6.92 Å². The summed E-state index contributed by atoms with van der Waals surface area (Å²) in [5, 5.41) is 10.7. The molecule has 0 unspecified atom stereocenters. The number of pyridine rings is 1. The lowest BCUT2D eigenvalue weighted by Gasteiger charge is -2.05. The van der Waals surface area contributed by atoms with E-state index in [0.717, 1.165) is 5.56 Å². The second-order valence-electron chi connectivity index (χ2n) is 3.45. The maximum atomic E-state index is 10.8. The molecule has 1 aromatic carbocycles. The Kier molecular flexibility index (Phi) is 2.74. The molecule has 2 aromatic rings. The normalized spacial score (nSPS) is 10.7. The Balaban J connectivity index is 2.87. The average molecular weight is 256 g/mol. The SMILES string of the molecule is Cc1cc(Cl)c2cc(C(=O)O)nc(Cl)c2c1. The third-order valence-corrected chi connectivity index (χ3v) is 2.82. The number of aryl methyl sites for hydroxylation is 1. The minimum atomic E-state index is -1.12. The van der Waals surface area contributed by atoms with Gasteiger partial charge in [0, 0.05) is 15.8 Å². The van der Waals surface area contributed by atoms with Crippen molar-refractivity contribution in [2.24, 2.45) is 0 Å². The van der Waals surface area contributed by atoms with E-state index in [9.17, 15) is 4.79 Å². The monoisotopic (exact) mass is 255 g/mol. The van der Waals surface area contributed by atoms with Gasteiger partial charge in [0.05, 0.1) is 0 Å². The van der Waals surface area contributed by atoms with Gasteiger partial charge in [-0.05, 0) is 30.7 Å². The zero-order chi connectivity index (χ0) is 11.9. The fourth-order valence-electron chi connectivity index (χ4n) is 1.52. The van der Waals surface area contributed by atoms with Crippen molar-refractivity contribution in [2.45, 2.75) is 6.92 Å². The molecule has 3 nitrogen and oxygen atoms in total. The quantitative estimate of drug-likeness (QED) is 0.793. The summed E-state index contributed by atoms with van der Waals surface area (Å²) in [6.45, 7) is 1.88. The van der Waals surface area contributed by atoms with Crippen molar-refractivity contribution < 1.29 is 9.90 Å². The van der Waals surface area contributed by atoms with Gasteiger partial charge in [-0.25, -0.2) is 9.78 Å². The highest BCUT2D eigenvalue weighted by atomic mass is 35.5. The number of carbonyl (C=O) groups is 1. The van der Waals surface area contributed by atoms with Gasteiger partial charge in [-0.2, -0.15) is 0 Å². The molecule has 0 saturated heterocycles. The predicted octanol–water partition coefficient (Wildman–Crippen LogP) is 3.55. The Morgan fingerprint density at radius 2 is 1.94 bits per heavy atom. The molecule has 0 aliphatic heterocycles. The zero-order valence-electron chi connectivity index (χ0n) is 8.29. The number of halogens is 2. The van der Waals surface area contributed by atoms with Crippen LogP contribution in [0.2, 0.25) is 10.2 Å². The van der Waals surface area contributed by atoms with Crippen molar-refractivity contribution in [2.75, 3.05) is 0 Å². The third-order valence-electron chi connectivity index (χ3n) is 2.21. The summed E-state index contributed by atoms with van der Waals surface area (Å²) in [5.74, 6) is -1.12. The first-order chi connectivity index (χ1) is 7.49. The van der Waals surface area contributed by atoms with Gasteiger partial charge in [0.2, 0.25) is 0 Å². The van der Waals surface area contributed by atoms with Crippen molar-refractivity contribution >= 4 is 39.9 Å². The first-order valence-electron chi connectivity index (χ1n) is 4.48. The van der Waals surface area contributed by atoms with Gasteiger partial charge in [0.1, 0.15) is 5.15 Å². The Hall–Kier alpha value is -1.32. The van der Waals surface area contributed by atoms with E-state index in [0.29, 0.717) is 15.8 Å². The van der Waals surface area contributed by atoms with Gasteiger partial charge in [-0.3, -0.25) is 0 Å². The number of nitrogens with zero attached hydrogens (tertiary/aromatic N) is 1. The lowest BCUT2D eigenvalue weighted by Crippen LogP contribution is -2.00. The predicted molar refractivity (Wildman–Crippen MR) is 63.5 cm³/mol. The summed E-state index contributed by atoms with van der Waals surface area (Å²) in [6.07, 6.45) is 0. The van der Waals surface area contributed by atoms with Crippen molar-refractivity contribution in [1.82, 2.24) is 4.98 Å². The standard InChI is InChI=1S/C11H7Cl2NO2/c1-5-2-7-6(8(12)3-5)4-9(11(15)16)14-10(7)13/h2-4H,1H3,(H,15,16). The fraction of sp³-hybridized carbons (Fsp3) is 0.0909. The molecule has 16 heavy (non-hydrogen) atoms. The number of fused-ring (bicyclic) bond motifs is 1. The van der Waals surface area contributed by atoms with Crippen LogP contribution in [-0.4, -0.2) is 16.1 Å². The van der Waals surface area contributed by atoms with Gasteiger partial charge in [0.15, 0.2) is 5.69 Å². The topological polar surface area (TPSA) is 50.2 Å². The van der Waals surface area contributed by atoms with E-state index in [1.54, 1.807) is 6.07 Å². The Bertz CT molecular complexity index is 596. The maximum absolute atomic E-state index is 10.8. The highest BCUT2D eigenvalue weighted by Crippen LogP contribution is 2.30. The van der Waals surface area contributed by atoms with Gasteiger partial charge in [-0.1, -0.05) is 23.2 Å². The molecule has 0 atom stereocenters. The molecular formula is C11H7Cl2NO2. The molecule has 2 rings (SSSR count). The lowest BCUT2D eigenvalue weighted by molar-refractivity contribution is 0.0691. The van der Waals surface area contributed by atoms with E-state index >= 15 is 0 Å². The number of rotatable bonds is 1. The second-order valence-corrected chi connectivity index (χ2v) is 4.21. The average Bonchev–Trinajstić information content (AvgIpc) is 2.19. The number of carboxylic acids is 1. The molecule has 0 aliphatic carbocycles. The van der Waals surface area contributed by atoms with Crippen LogP contribution in [0.4, 0.5) is 0 Å². The van der Waals surface area contributed by atoms with E-state index in [-0.39, 0.29) is 10.8 Å². The van der Waals surface area contributed by atoms with Crippen LogP contribution in [-0.2, 0) is 0 Å². The van der Waals surface area contributed by atoms with E-state index in [1.165, 1.54) is 6.07 Å². The maximum Gasteiger partial charge on any atom is 0.354 e. The van der Waals surface area contributed by atoms with Gasteiger partial charge < -0.3 is 5.11 Å². The molecule has 0 radical (unpaired) electrons. The molecule has 82 valence electrons. The Morgan fingerprint density at radius 3 is 2.56 bits per heavy atom. The molecule has 1 heterocycles. The third kappa shape index (κ3) is 1.84. The molecule has 0 saturated carbocycles. The minimum Gasteiger partial charge on any atom is -0.477 e. The molecule has 0 amide bonds. The molecule has 1 aromatic heterocycles. The van der Waals surface area contributed by atoms with Crippen LogP contribution >= 0.6 is 23.2 Å². The summed E-state index contributed by atoms with van der Waals surface area (Å²) < 4.78 is 0. The van der Waals surface area contributed by atoms with Crippen LogP contribution in [0.5, 0.6) is 0 Å². The van der Waals surface area contributed by atoms with Crippen LogP contribution < -0.4 is 0 Å². The number of hydrogen-bond donors (Lipinski definition) is 1. The van der Waals surface area contributed by atoms with Gasteiger partial charge >= 0.3 is 5.97 Å². The summed E-state index contributed by atoms with van der Waals surface area (Å²) in [7, 11) is 0. The molecular weight excluding hydrogens is 249 g/mol. The fourth-order valence-corrected chi connectivity index (χ4v) is 2.09. The smallest absolute Gasteiger partial charge is 0.354 e. The van der Waals surface area contributed by atoms with E-state index in [2.05, 4.69) is 4.98 Å². The molecule has 0 spiro atoms. The number of hydrogen-bond acceptors (Lipinski definition) is 2. The van der Waals surface area contributed by atoms with Crippen LogP contribution in [0.1, 0.15) is 16.1 Å². The molecule has 0 aliphatic rings. The number of aromatic nitrogens is 1. The van der Waals surface area contributed by atoms with Crippen molar-refractivity contribution in [3.05, 3.63) is 39.6 Å². The van der Waals surface area contributed by atoms with E-state index in [1.807, 2.05) is 13.0 Å². The van der Waals surface area contributed by atoms with E-state index < -0.39 is 5.97 Å². The number of aromatic carboxylic acids is 1. The second kappa shape index (κ2) is 3.92. The van der Waals surface area contributed by atoms with Crippen molar-refractivity contribution in [3.8, 4) is 0 Å². The number of carboxylic acid groups (broad SMARTS) is 1. The summed E-state index contributed by atoms with van der Waals surface area (Å²) in [4.78, 5) is 14.6. The largest absolute Gasteiger partial charge is 0.477 e. The molecule has 5 heteroatoms. The highest BCUT2D eigenvalue weighted by molar-refractivity contribution is 6.39. The first-order valence-corrected chi connectivity index (χ1v) is 5.24. The Morgan fingerprint density at radius 1 is 1.25 bits per heavy atom. The summed E-state index contributed by atoms with van der Waals surface area (Å²) >= 11 is 11.9. The van der Waals surface area contributed by atoms with Crippen LogP contribution in [0.3, 0.4) is 0 Å². The van der Waals surface area contributed by atoms with Crippen LogP contribution in [0.15, 0.2) is 18.2 Å². The van der Waals surface area contributed by atoms with Gasteiger partial charge in [-0.15, -0.1) is 0 Å². The molecule has 1 N–H and O–H groups in total. The van der Waals surface area contributed by atoms with Crippen molar-refractivity contribution in [3.63, 3.8) is 0 Å². The molecule has 0 fully saturated rings. The van der Waals surface area contributed by atoms with E-state index in [4.69, 9.17) is 28.3 Å². The summed E-state index contributed by atoms with van der Waals surface area (Å²) in [5.41, 5.74) is 0.840. The minimum absolute atomic E-state index is 0.108. The Labute approximate surface area is 102 Å². The lowest BCUT2D eigenvalue weighted by atomic mass is 10.1. The van der Waals surface area contributed by atoms with Gasteiger partial charge in [0.25, 0.3) is 0 Å². The number of benzene rings is 1. The van der Waals surface area contributed by atoms with Crippen molar-refractivity contribution in [1.29, 1.82) is 0 Å². The molecule has 0 bridgehead atoms. The summed E-state index contributed by atoms with van der Waals surface area (Å²) in [6, 6.07) is 5.00. The highest BCUT2D eigenvalue weighted by Gasteiger charge is 2.12. The van der Waals surface area contributed by atoms with Crippen LogP contribution in [0.25, 0.3) is 10.8 Å².